The van der Waals surface area contributed by atoms with Crippen molar-refractivity contribution in [3.8, 4) is 0 Å². The van der Waals surface area contributed by atoms with Crippen molar-refractivity contribution in [1.82, 2.24) is 15.4 Å². The zero-order valence-corrected chi connectivity index (χ0v) is 14.8. The topological polar surface area (TPSA) is 82.6 Å². The molecule has 0 rings (SSSR count). The quantitative estimate of drug-likeness (QED) is 0.276. The van der Waals surface area contributed by atoms with Crippen LogP contribution in [-0.4, -0.2) is 45.8 Å². The molecule has 6 nitrogen and oxygen atoms in total. The predicted octanol–water partition coefficient (Wildman–Crippen LogP) is 0.507. The fourth-order valence-corrected chi connectivity index (χ4v) is 1.64. The van der Waals surface area contributed by atoms with Crippen molar-refractivity contribution in [2.24, 2.45) is 4.99 Å². The van der Waals surface area contributed by atoms with E-state index in [2.05, 4.69) is 20.3 Å². The van der Waals surface area contributed by atoms with Gasteiger partial charge in [0.2, 0.25) is 10.0 Å². The smallest absolute Gasteiger partial charge is 0.211 e. The van der Waals surface area contributed by atoms with Crippen LogP contribution in [0.1, 0.15) is 27.7 Å². The molecule has 0 unspecified atom stereocenters. The first-order valence-electron chi connectivity index (χ1n) is 5.66. The van der Waals surface area contributed by atoms with Crippen molar-refractivity contribution in [3.05, 3.63) is 0 Å². The van der Waals surface area contributed by atoms with Gasteiger partial charge in [0.05, 0.1) is 5.75 Å². The molecule has 0 saturated carbocycles. The van der Waals surface area contributed by atoms with Gasteiger partial charge in [-0.3, -0.25) is 4.99 Å². The molecule has 0 fully saturated rings. The van der Waals surface area contributed by atoms with Gasteiger partial charge < -0.3 is 10.6 Å². The highest BCUT2D eigenvalue weighted by Crippen LogP contribution is 1.97. The van der Waals surface area contributed by atoms with E-state index in [4.69, 9.17) is 0 Å². The summed E-state index contributed by atoms with van der Waals surface area (Å²) < 4.78 is 24.8. The van der Waals surface area contributed by atoms with E-state index in [1.165, 1.54) is 0 Å². The van der Waals surface area contributed by atoms with Gasteiger partial charge in [-0.2, -0.15) is 0 Å². The summed E-state index contributed by atoms with van der Waals surface area (Å²) in [4.78, 5) is 4.04. The Morgan fingerprint density at radius 1 is 1.22 bits per heavy atom. The molecule has 0 aliphatic rings. The third-order valence-corrected chi connectivity index (χ3v) is 3.24. The average molecular weight is 392 g/mol. The first-order chi connectivity index (χ1) is 7.70. The molecule has 0 bridgehead atoms. The molecule has 0 spiro atoms. The van der Waals surface area contributed by atoms with Gasteiger partial charge in [-0.1, -0.05) is 0 Å². The number of aliphatic imine (C=N–C) groups is 1. The molecule has 0 atom stereocenters. The van der Waals surface area contributed by atoms with E-state index in [0.29, 0.717) is 19.0 Å². The maximum Gasteiger partial charge on any atom is 0.211 e. The highest BCUT2D eigenvalue weighted by atomic mass is 127. The molecule has 0 amide bonds. The Morgan fingerprint density at radius 2 is 1.78 bits per heavy atom. The van der Waals surface area contributed by atoms with Crippen LogP contribution in [0.4, 0.5) is 0 Å². The van der Waals surface area contributed by atoms with E-state index in [9.17, 15) is 8.42 Å². The van der Waals surface area contributed by atoms with Gasteiger partial charge in [-0.05, 0) is 27.7 Å². The number of rotatable bonds is 5. The van der Waals surface area contributed by atoms with Crippen LogP contribution >= 0.6 is 24.0 Å². The summed E-state index contributed by atoms with van der Waals surface area (Å²) in [5.74, 6) is 0.760. The van der Waals surface area contributed by atoms with Gasteiger partial charge >= 0.3 is 0 Å². The van der Waals surface area contributed by atoms with E-state index < -0.39 is 10.0 Å². The number of hydrogen-bond acceptors (Lipinski definition) is 3. The molecule has 0 aliphatic carbocycles. The molecule has 8 heteroatoms. The lowest BCUT2D eigenvalue weighted by Gasteiger charge is -2.23. The summed E-state index contributed by atoms with van der Waals surface area (Å²) in [6.07, 6.45) is 0. The van der Waals surface area contributed by atoms with Crippen LogP contribution in [0.2, 0.25) is 0 Å². The minimum Gasteiger partial charge on any atom is -0.355 e. The second kappa shape index (κ2) is 8.92. The molecule has 0 aromatic carbocycles. The Balaban J connectivity index is 0. The van der Waals surface area contributed by atoms with Crippen LogP contribution in [0, 0.1) is 0 Å². The number of hydrogen-bond donors (Lipinski definition) is 3. The Bertz CT molecular complexity index is 349. The number of halogens is 1. The number of nitrogens with one attached hydrogen (secondary N) is 3. The summed E-state index contributed by atoms with van der Waals surface area (Å²) in [7, 11) is -1.43. The summed E-state index contributed by atoms with van der Waals surface area (Å²) >= 11 is 0. The minimum atomic E-state index is -3.11. The molecule has 18 heavy (non-hydrogen) atoms. The monoisotopic (exact) mass is 392 g/mol. The highest BCUT2D eigenvalue weighted by molar-refractivity contribution is 14.0. The van der Waals surface area contributed by atoms with Crippen molar-refractivity contribution in [1.29, 1.82) is 0 Å². The number of nitrogens with zero attached hydrogens (tertiary/aromatic N) is 1. The molecule has 0 aliphatic heterocycles. The molecule has 0 heterocycles. The Labute approximate surface area is 127 Å². The number of sulfonamides is 1. The Morgan fingerprint density at radius 3 is 2.17 bits per heavy atom. The van der Waals surface area contributed by atoms with Crippen molar-refractivity contribution in [2.45, 2.75) is 33.2 Å². The lowest BCUT2D eigenvalue weighted by atomic mass is 10.1. The summed E-state index contributed by atoms with van der Waals surface area (Å²) in [5.41, 5.74) is -0.0786. The predicted molar refractivity (Wildman–Crippen MR) is 87.1 cm³/mol. The maximum atomic E-state index is 11.2. The third-order valence-electron chi connectivity index (χ3n) is 1.84. The van der Waals surface area contributed by atoms with Crippen molar-refractivity contribution < 1.29 is 8.42 Å². The van der Waals surface area contributed by atoms with E-state index in [1.807, 2.05) is 20.8 Å². The van der Waals surface area contributed by atoms with E-state index in [1.54, 1.807) is 14.0 Å². The normalized spacial score (nSPS) is 12.8. The van der Waals surface area contributed by atoms with Crippen molar-refractivity contribution in [3.63, 3.8) is 0 Å². The summed E-state index contributed by atoms with van der Waals surface area (Å²) in [6, 6.07) is 0. The highest BCUT2D eigenvalue weighted by Gasteiger charge is 2.11. The average Bonchev–Trinajstić information content (AvgIpc) is 2.21. The molecule has 0 radical (unpaired) electrons. The van der Waals surface area contributed by atoms with Gasteiger partial charge in [0.25, 0.3) is 0 Å². The van der Waals surface area contributed by atoms with Crippen LogP contribution in [0.25, 0.3) is 0 Å². The van der Waals surface area contributed by atoms with Crippen LogP contribution in [0.3, 0.4) is 0 Å². The Hall–Kier alpha value is -0.0900. The zero-order chi connectivity index (χ0) is 13.5. The molecule has 0 saturated heterocycles. The van der Waals surface area contributed by atoms with Crippen molar-refractivity contribution >= 4 is 40.0 Å². The first-order valence-corrected chi connectivity index (χ1v) is 7.31. The van der Waals surface area contributed by atoms with Gasteiger partial charge in [0.15, 0.2) is 5.96 Å². The summed E-state index contributed by atoms with van der Waals surface area (Å²) in [5, 5.41) is 6.21. The molecule has 3 N–H and O–H groups in total. The lowest BCUT2D eigenvalue weighted by Crippen LogP contribution is -2.49. The second-order valence-corrected chi connectivity index (χ2v) is 6.77. The molecule has 110 valence electrons. The fourth-order valence-electron chi connectivity index (χ4n) is 1.02. The second-order valence-electron chi connectivity index (χ2n) is 4.67. The molecular weight excluding hydrogens is 367 g/mol. The summed E-state index contributed by atoms with van der Waals surface area (Å²) in [6.45, 7) is 8.53. The molecule has 0 aromatic rings. The zero-order valence-electron chi connectivity index (χ0n) is 11.7. The third kappa shape index (κ3) is 11.0. The lowest BCUT2D eigenvalue weighted by molar-refractivity contribution is 0.501. The molecule has 0 aromatic heterocycles. The van der Waals surface area contributed by atoms with Gasteiger partial charge in [-0.15, -0.1) is 24.0 Å². The van der Waals surface area contributed by atoms with Gasteiger partial charge in [0, 0.05) is 25.7 Å². The number of guanidine groups is 1. The van der Waals surface area contributed by atoms with Crippen LogP contribution in [0.5, 0.6) is 0 Å². The van der Waals surface area contributed by atoms with Crippen LogP contribution in [0.15, 0.2) is 4.99 Å². The molecular formula is C10H25IN4O2S. The Kier molecular flexibility index (Phi) is 10.0. The van der Waals surface area contributed by atoms with Crippen molar-refractivity contribution in [2.75, 3.05) is 25.9 Å². The fraction of sp³-hybridized carbons (Fsp3) is 0.900. The van der Waals surface area contributed by atoms with E-state index in [-0.39, 0.29) is 35.3 Å². The van der Waals surface area contributed by atoms with Crippen LogP contribution < -0.4 is 15.4 Å². The largest absolute Gasteiger partial charge is 0.355 e. The SMILES string of the molecule is CCS(=O)(=O)NCCNC(=NC)NC(C)(C)C.I. The van der Waals surface area contributed by atoms with E-state index in [0.717, 1.165) is 0 Å². The van der Waals surface area contributed by atoms with E-state index >= 15 is 0 Å². The first kappa shape index (κ1) is 20.2. The van der Waals surface area contributed by atoms with Gasteiger partial charge in [0.1, 0.15) is 0 Å². The van der Waals surface area contributed by atoms with Gasteiger partial charge in [-0.25, -0.2) is 13.1 Å². The minimum absolute atomic E-state index is 0. The van der Waals surface area contributed by atoms with Crippen LogP contribution in [-0.2, 0) is 10.0 Å². The standard InChI is InChI=1S/C10H24N4O2S.HI/c1-6-17(15,16)13-8-7-12-9(11-5)14-10(2,3)4;/h13H,6-8H2,1-5H3,(H2,11,12,14);1H. The maximum absolute atomic E-state index is 11.2.